The van der Waals surface area contributed by atoms with Gasteiger partial charge in [0.05, 0.1) is 6.16 Å². The second kappa shape index (κ2) is 3.83. The third kappa shape index (κ3) is 7.89. The van der Waals surface area contributed by atoms with Crippen LogP contribution in [0.25, 0.3) is 0 Å². The third-order valence-electron chi connectivity index (χ3n) is 0.858. The molecule has 0 fully saturated rings. The van der Waals surface area contributed by atoms with Crippen LogP contribution in [0.1, 0.15) is 12.8 Å². The highest BCUT2D eigenvalue weighted by Gasteiger charge is 2.09. The molecule has 0 aromatic carbocycles. The average Bonchev–Trinajstić information content (AvgIpc) is 1.63. The van der Waals surface area contributed by atoms with Gasteiger partial charge in [-0.1, -0.05) is 6.08 Å². The van der Waals surface area contributed by atoms with Gasteiger partial charge < -0.3 is 9.79 Å². The second-order valence-corrected chi connectivity index (χ2v) is 3.60. The van der Waals surface area contributed by atoms with E-state index in [0.29, 0.717) is 12.8 Å². The molecule has 0 aromatic heterocycles. The lowest BCUT2D eigenvalue weighted by molar-refractivity contribution is 0.372. The number of unbranched alkanes of at least 4 members (excludes halogenated alkanes) is 1. The van der Waals surface area contributed by atoms with Crippen LogP contribution in [-0.2, 0) is 4.57 Å². The highest BCUT2D eigenvalue weighted by Crippen LogP contribution is 2.35. The molecule has 0 aliphatic heterocycles. The number of hydrogen-bond acceptors (Lipinski definition) is 1. The summed E-state index contributed by atoms with van der Waals surface area (Å²) in [7, 11) is -3.74. The molecular formula is C5H11O3P. The van der Waals surface area contributed by atoms with E-state index < -0.39 is 7.60 Å². The first-order valence-corrected chi connectivity index (χ1v) is 4.51. The summed E-state index contributed by atoms with van der Waals surface area (Å²) in [6.07, 6.45) is 2.81. The Balaban J connectivity index is 3.28. The smallest absolute Gasteiger partial charge is 0.324 e. The van der Waals surface area contributed by atoms with Crippen molar-refractivity contribution in [2.75, 3.05) is 6.16 Å². The van der Waals surface area contributed by atoms with Crippen LogP contribution in [0.4, 0.5) is 0 Å². The minimum atomic E-state index is -3.74. The fraction of sp³-hybridized carbons (Fsp3) is 0.600. The van der Waals surface area contributed by atoms with E-state index in [1.807, 2.05) is 0 Å². The molecule has 3 nitrogen and oxygen atoms in total. The Morgan fingerprint density at radius 1 is 1.56 bits per heavy atom. The summed E-state index contributed by atoms with van der Waals surface area (Å²) in [6.45, 7) is 3.43. The molecule has 54 valence electrons. The van der Waals surface area contributed by atoms with Crippen molar-refractivity contribution in [3.8, 4) is 0 Å². The quantitative estimate of drug-likeness (QED) is 0.359. The van der Waals surface area contributed by atoms with E-state index in [1.54, 1.807) is 6.08 Å². The van der Waals surface area contributed by atoms with Crippen molar-refractivity contribution in [1.29, 1.82) is 0 Å². The topological polar surface area (TPSA) is 57.5 Å². The van der Waals surface area contributed by atoms with Gasteiger partial charge in [0.1, 0.15) is 0 Å². The Kier molecular flexibility index (Phi) is 3.78. The van der Waals surface area contributed by atoms with Gasteiger partial charge in [-0.25, -0.2) is 0 Å². The molecule has 0 saturated heterocycles. The van der Waals surface area contributed by atoms with E-state index in [2.05, 4.69) is 6.58 Å². The average molecular weight is 150 g/mol. The minimum Gasteiger partial charge on any atom is -0.324 e. The van der Waals surface area contributed by atoms with Gasteiger partial charge >= 0.3 is 7.60 Å². The third-order valence-corrected chi connectivity index (χ3v) is 1.76. The molecule has 0 aliphatic carbocycles. The molecule has 0 saturated carbocycles. The number of hydrogen-bond donors (Lipinski definition) is 2. The van der Waals surface area contributed by atoms with Crippen LogP contribution < -0.4 is 0 Å². The van der Waals surface area contributed by atoms with Gasteiger partial charge in [0.2, 0.25) is 0 Å². The molecule has 0 rings (SSSR count). The summed E-state index contributed by atoms with van der Waals surface area (Å²) >= 11 is 0. The van der Waals surface area contributed by atoms with Crippen molar-refractivity contribution in [2.45, 2.75) is 12.8 Å². The van der Waals surface area contributed by atoms with Crippen LogP contribution >= 0.6 is 7.60 Å². The SMILES string of the molecule is C=CCCCP(=O)(O)O. The van der Waals surface area contributed by atoms with Crippen molar-refractivity contribution < 1.29 is 14.4 Å². The molecule has 0 aliphatic rings. The first-order valence-electron chi connectivity index (χ1n) is 2.72. The van der Waals surface area contributed by atoms with Crippen molar-refractivity contribution in [3.63, 3.8) is 0 Å². The summed E-state index contributed by atoms with van der Waals surface area (Å²) in [4.78, 5) is 16.6. The number of rotatable bonds is 4. The Morgan fingerprint density at radius 2 is 2.11 bits per heavy atom. The van der Waals surface area contributed by atoms with Gasteiger partial charge in [0, 0.05) is 0 Å². The predicted molar refractivity (Wildman–Crippen MR) is 36.3 cm³/mol. The van der Waals surface area contributed by atoms with Crippen LogP contribution in [0.15, 0.2) is 12.7 Å². The summed E-state index contributed by atoms with van der Waals surface area (Å²) in [5, 5.41) is 0. The van der Waals surface area contributed by atoms with E-state index in [-0.39, 0.29) is 6.16 Å². The summed E-state index contributed by atoms with van der Waals surface area (Å²) in [5.74, 6) is 0. The van der Waals surface area contributed by atoms with Crippen LogP contribution in [0.2, 0.25) is 0 Å². The van der Waals surface area contributed by atoms with Crippen LogP contribution in [0.3, 0.4) is 0 Å². The van der Waals surface area contributed by atoms with E-state index in [1.165, 1.54) is 0 Å². The van der Waals surface area contributed by atoms with E-state index in [0.717, 1.165) is 0 Å². The van der Waals surface area contributed by atoms with Gasteiger partial charge in [-0.2, -0.15) is 0 Å². The first-order chi connectivity index (χ1) is 4.06. The monoisotopic (exact) mass is 150 g/mol. The standard InChI is InChI=1S/C5H11O3P/c1-2-3-4-5-9(6,7)8/h2H,1,3-5H2,(H2,6,7,8). The van der Waals surface area contributed by atoms with E-state index in [9.17, 15) is 4.57 Å². The molecule has 0 amide bonds. The maximum atomic E-state index is 10.2. The molecule has 4 heteroatoms. The van der Waals surface area contributed by atoms with Crippen molar-refractivity contribution in [3.05, 3.63) is 12.7 Å². The minimum absolute atomic E-state index is 0.0288. The first kappa shape index (κ1) is 8.89. The highest BCUT2D eigenvalue weighted by atomic mass is 31.2. The Labute approximate surface area is 54.6 Å². The van der Waals surface area contributed by atoms with E-state index in [4.69, 9.17) is 9.79 Å². The summed E-state index contributed by atoms with van der Waals surface area (Å²) < 4.78 is 10.2. The van der Waals surface area contributed by atoms with Crippen LogP contribution in [-0.4, -0.2) is 15.9 Å². The zero-order chi connectivity index (χ0) is 7.33. The van der Waals surface area contributed by atoms with Gasteiger partial charge in [-0.15, -0.1) is 6.58 Å². The Bertz CT molecular complexity index is 126. The fourth-order valence-electron chi connectivity index (χ4n) is 0.442. The molecule has 0 radical (unpaired) electrons. The summed E-state index contributed by atoms with van der Waals surface area (Å²) in [6, 6.07) is 0. The number of allylic oxidation sites excluding steroid dienone is 1. The van der Waals surface area contributed by atoms with Crippen molar-refractivity contribution >= 4 is 7.60 Å². The van der Waals surface area contributed by atoms with Gasteiger partial charge in [-0.3, -0.25) is 4.57 Å². The van der Waals surface area contributed by atoms with Crippen molar-refractivity contribution in [2.24, 2.45) is 0 Å². The van der Waals surface area contributed by atoms with Gasteiger partial charge in [0.25, 0.3) is 0 Å². The lowest BCUT2D eigenvalue weighted by Crippen LogP contribution is -1.85. The Hall–Kier alpha value is -0.110. The molecule has 2 N–H and O–H groups in total. The molecule has 0 atom stereocenters. The second-order valence-electron chi connectivity index (χ2n) is 1.82. The molecular weight excluding hydrogens is 139 g/mol. The zero-order valence-electron chi connectivity index (χ0n) is 5.16. The maximum Gasteiger partial charge on any atom is 0.325 e. The highest BCUT2D eigenvalue weighted by molar-refractivity contribution is 7.51. The van der Waals surface area contributed by atoms with Gasteiger partial charge in [0.15, 0.2) is 0 Å². The molecule has 0 aromatic rings. The largest absolute Gasteiger partial charge is 0.325 e. The lowest BCUT2D eigenvalue weighted by Gasteiger charge is -1.99. The normalized spacial score (nSPS) is 11.3. The maximum absolute atomic E-state index is 10.2. The lowest BCUT2D eigenvalue weighted by atomic mass is 10.3. The Morgan fingerprint density at radius 3 is 2.44 bits per heavy atom. The summed E-state index contributed by atoms with van der Waals surface area (Å²) in [5.41, 5.74) is 0. The molecule has 0 unspecified atom stereocenters. The molecule has 0 heterocycles. The fourth-order valence-corrected chi connectivity index (χ4v) is 1.04. The van der Waals surface area contributed by atoms with E-state index >= 15 is 0 Å². The zero-order valence-corrected chi connectivity index (χ0v) is 6.05. The molecule has 0 spiro atoms. The van der Waals surface area contributed by atoms with Crippen molar-refractivity contribution in [1.82, 2.24) is 0 Å². The predicted octanol–water partition coefficient (Wildman–Crippen LogP) is 1.13. The van der Waals surface area contributed by atoms with Gasteiger partial charge in [-0.05, 0) is 12.8 Å². The van der Waals surface area contributed by atoms with Crippen LogP contribution in [0, 0.1) is 0 Å². The molecule has 9 heavy (non-hydrogen) atoms. The van der Waals surface area contributed by atoms with Crippen LogP contribution in [0.5, 0.6) is 0 Å². The molecule has 0 bridgehead atoms.